The van der Waals surface area contributed by atoms with E-state index < -0.39 is 0 Å². The zero-order chi connectivity index (χ0) is 13.2. The number of rotatable bonds is 2. The lowest BCUT2D eigenvalue weighted by atomic mass is 9.91. The Hall–Kier alpha value is -0.260. The zero-order valence-electron chi connectivity index (χ0n) is 11.4. The number of aromatic nitrogens is 1. The van der Waals surface area contributed by atoms with Gasteiger partial charge >= 0.3 is 0 Å². The molecule has 2 rings (SSSR count). The topological polar surface area (TPSA) is 36.4 Å². The highest BCUT2D eigenvalue weighted by molar-refractivity contribution is 7.99. The van der Waals surface area contributed by atoms with Crippen LogP contribution in [0, 0.1) is 0 Å². The minimum absolute atomic E-state index is 0.00735. The minimum atomic E-state index is 0.00735. The molecule has 0 spiro atoms. The Morgan fingerprint density at radius 3 is 2.67 bits per heavy atom. The van der Waals surface area contributed by atoms with Crippen LogP contribution in [0.5, 0.6) is 0 Å². The molecular formula is C13H22N2OS2. The molecule has 1 aliphatic rings. The van der Waals surface area contributed by atoms with Crippen LogP contribution in [0.2, 0.25) is 0 Å². The van der Waals surface area contributed by atoms with Crippen LogP contribution in [-0.2, 0) is 12.0 Å². The molecule has 3 nitrogen and oxygen atoms in total. The van der Waals surface area contributed by atoms with Crippen molar-refractivity contribution < 1.29 is 5.11 Å². The largest absolute Gasteiger partial charge is 0.391 e. The van der Waals surface area contributed by atoms with Gasteiger partial charge in [-0.2, -0.15) is 11.8 Å². The van der Waals surface area contributed by atoms with E-state index >= 15 is 0 Å². The van der Waals surface area contributed by atoms with Crippen molar-refractivity contribution in [1.82, 2.24) is 4.98 Å². The van der Waals surface area contributed by atoms with E-state index in [2.05, 4.69) is 25.7 Å². The second-order valence-electron chi connectivity index (χ2n) is 5.63. The quantitative estimate of drug-likeness (QED) is 0.907. The van der Waals surface area contributed by atoms with Gasteiger partial charge in [-0.05, 0) is 12.2 Å². The highest BCUT2D eigenvalue weighted by atomic mass is 32.2. The number of thioether (sulfide) groups is 1. The van der Waals surface area contributed by atoms with Crippen molar-refractivity contribution in [3.8, 4) is 0 Å². The summed E-state index contributed by atoms with van der Waals surface area (Å²) in [7, 11) is 0. The summed E-state index contributed by atoms with van der Waals surface area (Å²) in [6, 6.07) is 0. The number of hydrogen-bond acceptors (Lipinski definition) is 5. The molecule has 0 amide bonds. The molecule has 1 aromatic rings. The second-order valence-corrected chi connectivity index (χ2v) is 7.92. The monoisotopic (exact) mass is 286 g/mol. The van der Waals surface area contributed by atoms with Crippen LogP contribution in [0.25, 0.3) is 0 Å². The van der Waals surface area contributed by atoms with Gasteiger partial charge < -0.3 is 10.0 Å². The first-order valence-electron chi connectivity index (χ1n) is 6.46. The first-order chi connectivity index (χ1) is 8.52. The summed E-state index contributed by atoms with van der Waals surface area (Å²) >= 11 is 3.68. The molecule has 0 radical (unpaired) electrons. The SMILES string of the molecule is CC(C)(C)c1nc(N2CCCSCC2)sc1CO. The summed E-state index contributed by atoms with van der Waals surface area (Å²) in [5.41, 5.74) is 1.06. The molecule has 1 aromatic heterocycles. The van der Waals surface area contributed by atoms with Gasteiger partial charge in [0.05, 0.1) is 17.2 Å². The average molecular weight is 286 g/mol. The van der Waals surface area contributed by atoms with Crippen molar-refractivity contribution in [2.75, 3.05) is 29.5 Å². The van der Waals surface area contributed by atoms with Crippen LogP contribution in [0.1, 0.15) is 37.8 Å². The third-order valence-corrected chi connectivity index (χ3v) is 5.18. The van der Waals surface area contributed by atoms with Crippen LogP contribution in [-0.4, -0.2) is 34.7 Å². The van der Waals surface area contributed by atoms with Crippen LogP contribution >= 0.6 is 23.1 Å². The molecule has 0 aromatic carbocycles. The Balaban J connectivity index is 2.25. The maximum absolute atomic E-state index is 9.50. The molecule has 0 bridgehead atoms. The smallest absolute Gasteiger partial charge is 0.185 e. The van der Waals surface area contributed by atoms with E-state index in [4.69, 9.17) is 4.98 Å². The van der Waals surface area contributed by atoms with Gasteiger partial charge in [0.25, 0.3) is 0 Å². The summed E-state index contributed by atoms with van der Waals surface area (Å²) in [5, 5.41) is 10.6. The average Bonchev–Trinajstić information content (AvgIpc) is 2.57. The van der Waals surface area contributed by atoms with Gasteiger partial charge in [0.15, 0.2) is 5.13 Å². The van der Waals surface area contributed by atoms with E-state index in [1.165, 1.54) is 17.9 Å². The molecule has 1 aliphatic heterocycles. The maximum Gasteiger partial charge on any atom is 0.185 e. The highest BCUT2D eigenvalue weighted by Crippen LogP contribution is 2.34. The summed E-state index contributed by atoms with van der Waals surface area (Å²) < 4.78 is 0. The van der Waals surface area contributed by atoms with Crippen LogP contribution in [0.15, 0.2) is 0 Å². The first-order valence-corrected chi connectivity index (χ1v) is 8.43. The Morgan fingerprint density at radius 1 is 1.28 bits per heavy atom. The molecule has 1 N–H and O–H groups in total. The Morgan fingerprint density at radius 2 is 2.06 bits per heavy atom. The van der Waals surface area contributed by atoms with Crippen LogP contribution < -0.4 is 4.90 Å². The molecule has 0 unspecified atom stereocenters. The molecule has 0 atom stereocenters. The van der Waals surface area contributed by atoms with Gasteiger partial charge in [0.2, 0.25) is 0 Å². The maximum atomic E-state index is 9.50. The second kappa shape index (κ2) is 5.80. The third kappa shape index (κ3) is 3.19. The first kappa shape index (κ1) is 14.2. The third-order valence-electron chi connectivity index (χ3n) is 3.03. The fourth-order valence-electron chi connectivity index (χ4n) is 2.11. The Labute approximate surface area is 118 Å². The van der Waals surface area contributed by atoms with Crippen molar-refractivity contribution >= 4 is 28.2 Å². The van der Waals surface area contributed by atoms with Crippen LogP contribution in [0.4, 0.5) is 5.13 Å². The number of nitrogens with zero attached hydrogens (tertiary/aromatic N) is 2. The number of aliphatic hydroxyl groups excluding tert-OH is 1. The predicted octanol–water partition coefficient (Wildman–Crippen LogP) is 2.88. The number of aliphatic hydroxyl groups is 1. The van der Waals surface area contributed by atoms with Gasteiger partial charge in [0, 0.05) is 24.3 Å². The van der Waals surface area contributed by atoms with Crippen molar-refractivity contribution in [1.29, 1.82) is 0 Å². The lowest BCUT2D eigenvalue weighted by Gasteiger charge is -2.19. The van der Waals surface area contributed by atoms with Gasteiger partial charge in [-0.15, -0.1) is 0 Å². The molecule has 0 saturated carbocycles. The van der Waals surface area contributed by atoms with Crippen molar-refractivity contribution in [2.45, 2.75) is 39.2 Å². The standard InChI is InChI=1S/C13H22N2OS2/c1-13(2,3)11-10(9-16)18-12(14-11)15-5-4-7-17-8-6-15/h16H,4-9H2,1-3H3. The Bertz CT molecular complexity index is 390. The molecule has 1 saturated heterocycles. The molecule has 0 aliphatic carbocycles. The van der Waals surface area contributed by atoms with E-state index in [1.807, 2.05) is 11.8 Å². The van der Waals surface area contributed by atoms with E-state index in [0.29, 0.717) is 0 Å². The normalized spacial score (nSPS) is 17.9. The van der Waals surface area contributed by atoms with Gasteiger partial charge in [-0.25, -0.2) is 4.98 Å². The lowest BCUT2D eigenvalue weighted by Crippen LogP contribution is -2.25. The summed E-state index contributed by atoms with van der Waals surface area (Å²) in [6.45, 7) is 8.74. The molecule has 1 fully saturated rings. The summed E-state index contributed by atoms with van der Waals surface area (Å²) in [5.74, 6) is 2.43. The van der Waals surface area contributed by atoms with E-state index in [0.717, 1.165) is 28.8 Å². The summed E-state index contributed by atoms with van der Waals surface area (Å²) in [6.07, 6.45) is 1.23. The number of anilines is 1. The van der Waals surface area contributed by atoms with Gasteiger partial charge in [-0.3, -0.25) is 0 Å². The van der Waals surface area contributed by atoms with Crippen molar-refractivity contribution in [3.05, 3.63) is 10.6 Å². The molecule has 18 heavy (non-hydrogen) atoms. The minimum Gasteiger partial charge on any atom is -0.391 e. The van der Waals surface area contributed by atoms with Crippen molar-refractivity contribution in [2.24, 2.45) is 0 Å². The molecule has 5 heteroatoms. The summed E-state index contributed by atoms with van der Waals surface area (Å²) in [4.78, 5) is 8.19. The van der Waals surface area contributed by atoms with Crippen molar-refractivity contribution in [3.63, 3.8) is 0 Å². The zero-order valence-corrected chi connectivity index (χ0v) is 13.0. The predicted molar refractivity (Wildman–Crippen MR) is 80.9 cm³/mol. The number of thiazole rings is 1. The van der Waals surface area contributed by atoms with E-state index in [-0.39, 0.29) is 12.0 Å². The molecule has 102 valence electrons. The number of hydrogen-bond donors (Lipinski definition) is 1. The van der Waals surface area contributed by atoms with E-state index in [1.54, 1.807) is 11.3 Å². The van der Waals surface area contributed by atoms with E-state index in [9.17, 15) is 5.11 Å². The fraction of sp³-hybridized carbons (Fsp3) is 0.769. The molecule has 2 heterocycles. The van der Waals surface area contributed by atoms with Gasteiger partial charge in [0.1, 0.15) is 0 Å². The highest BCUT2D eigenvalue weighted by Gasteiger charge is 2.25. The fourth-order valence-corrected chi connectivity index (χ4v) is 4.17. The molecular weight excluding hydrogens is 264 g/mol. The Kier molecular flexibility index (Phi) is 4.56. The lowest BCUT2D eigenvalue weighted by molar-refractivity contribution is 0.282. The van der Waals surface area contributed by atoms with Crippen LogP contribution in [0.3, 0.4) is 0 Å². The van der Waals surface area contributed by atoms with Gasteiger partial charge in [-0.1, -0.05) is 32.1 Å².